The Morgan fingerprint density at radius 2 is 1.96 bits per heavy atom. The highest BCUT2D eigenvalue weighted by atomic mass is 35.5. The molecule has 1 saturated carbocycles. The Morgan fingerprint density at radius 1 is 1.27 bits per heavy atom. The zero-order valence-electron chi connectivity index (χ0n) is 13.7. The Balaban J connectivity index is 1.34. The molecule has 136 valence electrons. The van der Waals surface area contributed by atoms with Gasteiger partial charge in [-0.3, -0.25) is 9.89 Å². The summed E-state index contributed by atoms with van der Waals surface area (Å²) in [6.07, 6.45) is 1.28. The highest BCUT2D eigenvalue weighted by Gasteiger charge is 2.31. The van der Waals surface area contributed by atoms with Crippen LogP contribution < -0.4 is 5.32 Å². The summed E-state index contributed by atoms with van der Waals surface area (Å²) >= 11 is 7.89. The monoisotopic (exact) mass is 392 g/mol. The molecule has 0 bridgehead atoms. The van der Waals surface area contributed by atoms with E-state index in [2.05, 4.69) is 15.5 Å². The van der Waals surface area contributed by atoms with Gasteiger partial charge in [-0.1, -0.05) is 11.6 Å². The van der Waals surface area contributed by atoms with Crippen molar-refractivity contribution >= 4 is 41.1 Å². The zero-order chi connectivity index (χ0) is 18.3. The molecule has 0 spiro atoms. The van der Waals surface area contributed by atoms with Gasteiger partial charge in [-0.15, -0.1) is 11.8 Å². The summed E-state index contributed by atoms with van der Waals surface area (Å²) in [4.78, 5) is 25.6. The standard InChI is InChI=1S/C17H17ClN4O3S/c18-13-14(9-1-2-9)20-21-15(13)16(23)19-10-3-5-11(6-4-10)26-12-7-22(8-12)17(24)25/h3-6,9,12H,1-2,7-8H2,(H,19,23)(H,20,21)(H,24,25). The summed E-state index contributed by atoms with van der Waals surface area (Å²) in [7, 11) is 0. The maximum absolute atomic E-state index is 12.4. The number of carbonyl (C=O) groups is 2. The largest absolute Gasteiger partial charge is 0.465 e. The number of halogens is 1. The van der Waals surface area contributed by atoms with Crippen LogP contribution >= 0.6 is 23.4 Å². The first-order valence-corrected chi connectivity index (χ1v) is 9.56. The quantitative estimate of drug-likeness (QED) is 0.721. The number of nitrogens with one attached hydrogen (secondary N) is 2. The van der Waals surface area contributed by atoms with Crippen LogP contribution in [0.25, 0.3) is 0 Å². The summed E-state index contributed by atoms with van der Waals surface area (Å²) in [5.41, 5.74) is 1.72. The zero-order valence-corrected chi connectivity index (χ0v) is 15.3. The number of H-pyrrole nitrogens is 1. The minimum atomic E-state index is -0.873. The Bertz CT molecular complexity index is 844. The Morgan fingerprint density at radius 3 is 2.58 bits per heavy atom. The maximum atomic E-state index is 12.4. The second-order valence-corrected chi connectivity index (χ2v) is 8.23. The van der Waals surface area contributed by atoms with Crippen LogP contribution in [0.2, 0.25) is 5.02 Å². The van der Waals surface area contributed by atoms with Gasteiger partial charge < -0.3 is 15.3 Å². The predicted octanol–water partition coefficient (Wildman–Crippen LogP) is 3.65. The number of aromatic amines is 1. The van der Waals surface area contributed by atoms with Gasteiger partial charge in [0.15, 0.2) is 5.69 Å². The average Bonchev–Trinajstić information content (AvgIpc) is 3.34. The molecule has 1 saturated heterocycles. The van der Waals surface area contributed by atoms with E-state index in [1.807, 2.05) is 24.3 Å². The van der Waals surface area contributed by atoms with Crippen LogP contribution in [0.5, 0.6) is 0 Å². The second-order valence-electron chi connectivity index (χ2n) is 6.48. The van der Waals surface area contributed by atoms with E-state index in [9.17, 15) is 9.59 Å². The summed E-state index contributed by atoms with van der Waals surface area (Å²) < 4.78 is 0. The number of carboxylic acid groups (broad SMARTS) is 1. The summed E-state index contributed by atoms with van der Waals surface area (Å²) in [6.45, 7) is 1.08. The fourth-order valence-electron chi connectivity index (χ4n) is 2.80. The number of amides is 2. The van der Waals surface area contributed by atoms with Crippen molar-refractivity contribution in [3.05, 3.63) is 40.7 Å². The smallest absolute Gasteiger partial charge is 0.407 e. The molecule has 4 rings (SSSR count). The van der Waals surface area contributed by atoms with Gasteiger partial charge in [-0.25, -0.2) is 4.79 Å². The fraction of sp³-hybridized carbons (Fsp3) is 0.353. The van der Waals surface area contributed by atoms with Crippen molar-refractivity contribution in [1.29, 1.82) is 0 Å². The number of nitrogens with zero attached hydrogens (tertiary/aromatic N) is 2. The summed E-state index contributed by atoms with van der Waals surface area (Å²) in [5.74, 6) is 0.0612. The molecule has 9 heteroatoms. The molecule has 1 aliphatic heterocycles. The Hall–Kier alpha value is -2.19. The molecule has 0 unspecified atom stereocenters. The minimum absolute atomic E-state index is 0.218. The van der Waals surface area contributed by atoms with Gasteiger partial charge in [0, 0.05) is 34.8 Å². The number of hydrogen-bond acceptors (Lipinski definition) is 4. The molecular weight excluding hydrogens is 376 g/mol. The van der Waals surface area contributed by atoms with Gasteiger partial charge >= 0.3 is 6.09 Å². The first-order chi connectivity index (χ1) is 12.5. The molecule has 2 aliphatic rings. The van der Waals surface area contributed by atoms with Crippen LogP contribution in [0.1, 0.15) is 34.9 Å². The van der Waals surface area contributed by atoms with Crippen LogP contribution in [-0.4, -0.2) is 50.5 Å². The van der Waals surface area contributed by atoms with E-state index < -0.39 is 6.09 Å². The van der Waals surface area contributed by atoms with Gasteiger partial charge in [-0.2, -0.15) is 5.10 Å². The van der Waals surface area contributed by atoms with E-state index in [-0.39, 0.29) is 16.9 Å². The molecule has 1 aromatic carbocycles. The molecule has 0 radical (unpaired) electrons. The lowest BCUT2D eigenvalue weighted by atomic mass is 10.2. The van der Waals surface area contributed by atoms with Crippen LogP contribution in [0, 0.1) is 0 Å². The minimum Gasteiger partial charge on any atom is -0.465 e. The van der Waals surface area contributed by atoms with Gasteiger partial charge in [0.05, 0.1) is 10.7 Å². The fourth-order valence-corrected chi connectivity index (χ4v) is 4.31. The molecule has 26 heavy (non-hydrogen) atoms. The number of thioether (sulfide) groups is 1. The molecular formula is C17H17ClN4O3S. The third-order valence-electron chi connectivity index (χ3n) is 4.47. The number of aromatic nitrogens is 2. The molecule has 2 heterocycles. The van der Waals surface area contributed by atoms with Crippen molar-refractivity contribution < 1.29 is 14.7 Å². The van der Waals surface area contributed by atoms with E-state index in [0.29, 0.717) is 29.7 Å². The maximum Gasteiger partial charge on any atom is 0.407 e. The lowest BCUT2D eigenvalue weighted by Gasteiger charge is -2.36. The molecule has 2 fully saturated rings. The Labute approximate surface area is 159 Å². The predicted molar refractivity (Wildman–Crippen MR) is 99.2 cm³/mol. The second kappa shape index (κ2) is 6.85. The van der Waals surface area contributed by atoms with Crippen molar-refractivity contribution in [2.24, 2.45) is 0 Å². The van der Waals surface area contributed by atoms with Gasteiger partial charge in [0.2, 0.25) is 0 Å². The van der Waals surface area contributed by atoms with E-state index in [0.717, 1.165) is 23.4 Å². The number of benzene rings is 1. The number of hydrogen-bond donors (Lipinski definition) is 3. The summed E-state index contributed by atoms with van der Waals surface area (Å²) in [6, 6.07) is 7.45. The molecule has 3 N–H and O–H groups in total. The van der Waals surface area contributed by atoms with E-state index >= 15 is 0 Å². The SMILES string of the molecule is O=C(Nc1ccc(SC2CN(C(=O)O)C2)cc1)c1n[nH]c(C2CC2)c1Cl. The number of likely N-dealkylation sites (tertiary alicyclic amines) is 1. The molecule has 1 aliphatic carbocycles. The van der Waals surface area contributed by atoms with Gasteiger partial charge in [0.1, 0.15) is 0 Å². The van der Waals surface area contributed by atoms with Gasteiger partial charge in [0.25, 0.3) is 5.91 Å². The van der Waals surface area contributed by atoms with Crippen molar-refractivity contribution in [2.45, 2.75) is 28.9 Å². The summed E-state index contributed by atoms with van der Waals surface area (Å²) in [5, 5.41) is 19.2. The first kappa shape index (κ1) is 17.2. The van der Waals surface area contributed by atoms with E-state index in [1.165, 1.54) is 4.90 Å². The molecule has 7 nitrogen and oxygen atoms in total. The van der Waals surface area contributed by atoms with Crippen LogP contribution in [0.4, 0.5) is 10.5 Å². The van der Waals surface area contributed by atoms with Gasteiger partial charge in [-0.05, 0) is 37.1 Å². The molecule has 2 amide bonds. The highest BCUT2D eigenvalue weighted by molar-refractivity contribution is 8.00. The number of rotatable bonds is 5. The average molecular weight is 393 g/mol. The molecule has 2 aromatic rings. The Kier molecular flexibility index (Phi) is 4.54. The highest BCUT2D eigenvalue weighted by Crippen LogP contribution is 2.42. The first-order valence-electron chi connectivity index (χ1n) is 8.31. The topological polar surface area (TPSA) is 98.3 Å². The third kappa shape index (κ3) is 3.52. The van der Waals surface area contributed by atoms with Crippen molar-refractivity contribution in [3.8, 4) is 0 Å². The van der Waals surface area contributed by atoms with Crippen LogP contribution in [0.3, 0.4) is 0 Å². The molecule has 0 atom stereocenters. The lowest BCUT2D eigenvalue weighted by molar-refractivity contribution is 0.102. The van der Waals surface area contributed by atoms with Crippen molar-refractivity contribution in [3.63, 3.8) is 0 Å². The van der Waals surface area contributed by atoms with Crippen LogP contribution in [-0.2, 0) is 0 Å². The van der Waals surface area contributed by atoms with E-state index in [1.54, 1.807) is 11.8 Å². The lowest BCUT2D eigenvalue weighted by Crippen LogP contribution is -2.51. The van der Waals surface area contributed by atoms with Crippen LogP contribution in [0.15, 0.2) is 29.2 Å². The third-order valence-corrected chi connectivity index (χ3v) is 6.03. The van der Waals surface area contributed by atoms with Crippen molar-refractivity contribution in [1.82, 2.24) is 15.1 Å². The van der Waals surface area contributed by atoms with Crippen molar-refractivity contribution in [2.75, 3.05) is 18.4 Å². The number of carbonyl (C=O) groups excluding carboxylic acids is 1. The normalized spacial score (nSPS) is 17.0. The molecule has 1 aromatic heterocycles. The number of anilines is 1. The van der Waals surface area contributed by atoms with E-state index in [4.69, 9.17) is 16.7 Å².